The molecule has 3 aromatic heterocycles. The summed E-state index contributed by atoms with van der Waals surface area (Å²) in [6.45, 7) is 0. The highest BCUT2D eigenvalue weighted by atomic mass is 19.1. The molecule has 30 heavy (non-hydrogen) atoms. The number of rotatable bonds is 4. The maximum atomic E-state index is 14.6. The second-order valence-corrected chi connectivity index (χ2v) is 8.08. The lowest BCUT2D eigenvalue weighted by atomic mass is 9.71. The molecule has 3 aliphatic rings. The third kappa shape index (κ3) is 3.16. The molecule has 10 heteroatoms. The Bertz CT molecular complexity index is 1120. The van der Waals surface area contributed by atoms with Crippen LogP contribution in [-0.4, -0.2) is 42.3 Å². The van der Waals surface area contributed by atoms with Gasteiger partial charge < -0.3 is 10.4 Å². The summed E-state index contributed by atoms with van der Waals surface area (Å²) in [6.07, 6.45) is 6.65. The van der Waals surface area contributed by atoms with Crippen LogP contribution in [0.25, 0.3) is 22.6 Å². The maximum Gasteiger partial charge on any atom is 0.308 e. The number of nitrogens with zero attached hydrogens (tertiary/aromatic N) is 4. The molecule has 3 fully saturated rings. The number of fused-ring (bicyclic) bond motifs is 5. The SMILES string of the molecule is O=C(O)[C@@H]1C2CCCC(CC2)[C@H]1Nc1nc(-c2[nH]nc3ncc(F)cc23)ncc1F. The first-order chi connectivity index (χ1) is 14.5. The fraction of sp³-hybridized carbons (Fsp3) is 0.450. The molecule has 3 N–H and O–H groups in total. The van der Waals surface area contributed by atoms with Crippen LogP contribution in [0.2, 0.25) is 0 Å². The van der Waals surface area contributed by atoms with Gasteiger partial charge in [-0.2, -0.15) is 5.10 Å². The average molecular weight is 414 g/mol. The molecule has 0 radical (unpaired) electrons. The quantitative estimate of drug-likeness (QED) is 0.599. The molecular formula is C20H20F2N6O2. The van der Waals surface area contributed by atoms with Gasteiger partial charge >= 0.3 is 5.97 Å². The lowest BCUT2D eigenvalue weighted by Crippen LogP contribution is -2.46. The van der Waals surface area contributed by atoms with E-state index in [1.165, 1.54) is 6.07 Å². The topological polar surface area (TPSA) is 117 Å². The van der Waals surface area contributed by atoms with Crippen LogP contribution in [0.1, 0.15) is 32.1 Å². The number of carboxylic acid groups (broad SMARTS) is 1. The summed E-state index contributed by atoms with van der Waals surface area (Å²) in [5.74, 6) is -2.37. The number of H-pyrrole nitrogens is 1. The van der Waals surface area contributed by atoms with Gasteiger partial charge in [-0.25, -0.2) is 23.7 Å². The number of halogens is 2. The first-order valence-corrected chi connectivity index (χ1v) is 10.0. The van der Waals surface area contributed by atoms with E-state index < -0.39 is 29.6 Å². The lowest BCUT2D eigenvalue weighted by Gasteiger charge is -2.38. The van der Waals surface area contributed by atoms with E-state index in [0.717, 1.165) is 44.5 Å². The zero-order chi connectivity index (χ0) is 20.8. The predicted molar refractivity (Wildman–Crippen MR) is 103 cm³/mol. The Morgan fingerprint density at radius 3 is 2.77 bits per heavy atom. The summed E-state index contributed by atoms with van der Waals surface area (Å²) in [4.78, 5) is 24.2. The van der Waals surface area contributed by atoms with Gasteiger partial charge in [0.05, 0.1) is 23.7 Å². The van der Waals surface area contributed by atoms with Crippen LogP contribution in [0.4, 0.5) is 14.6 Å². The number of carboxylic acids is 1. The molecule has 3 heterocycles. The monoisotopic (exact) mass is 414 g/mol. The Morgan fingerprint density at radius 1 is 1.13 bits per heavy atom. The number of pyridine rings is 1. The van der Waals surface area contributed by atoms with Gasteiger partial charge in [-0.05, 0) is 43.6 Å². The van der Waals surface area contributed by atoms with Gasteiger partial charge in [0.1, 0.15) is 11.5 Å². The summed E-state index contributed by atoms with van der Waals surface area (Å²) >= 11 is 0. The molecule has 6 rings (SSSR count). The average Bonchev–Trinajstić information content (AvgIpc) is 2.89. The largest absolute Gasteiger partial charge is 0.481 e. The minimum absolute atomic E-state index is 0.0593. The molecule has 4 atom stereocenters. The number of aromatic nitrogens is 5. The number of nitrogens with one attached hydrogen (secondary N) is 2. The second-order valence-electron chi connectivity index (χ2n) is 8.08. The third-order valence-corrected chi connectivity index (χ3v) is 6.39. The van der Waals surface area contributed by atoms with Crippen molar-refractivity contribution in [3.63, 3.8) is 0 Å². The molecule has 3 aliphatic carbocycles. The van der Waals surface area contributed by atoms with Gasteiger partial charge in [0, 0.05) is 6.04 Å². The van der Waals surface area contributed by atoms with E-state index in [1.54, 1.807) is 0 Å². The third-order valence-electron chi connectivity index (χ3n) is 6.39. The van der Waals surface area contributed by atoms with E-state index in [-0.39, 0.29) is 23.5 Å². The normalized spacial score (nSPS) is 25.9. The summed E-state index contributed by atoms with van der Waals surface area (Å²) < 4.78 is 28.2. The van der Waals surface area contributed by atoms with Crippen LogP contribution in [-0.2, 0) is 4.79 Å². The van der Waals surface area contributed by atoms with Crippen molar-refractivity contribution >= 4 is 22.8 Å². The predicted octanol–water partition coefficient (Wildman–Crippen LogP) is 3.38. The number of hydrogen-bond donors (Lipinski definition) is 3. The van der Waals surface area contributed by atoms with Crippen molar-refractivity contribution in [1.29, 1.82) is 0 Å². The second kappa shape index (κ2) is 7.26. The minimum atomic E-state index is -0.861. The smallest absolute Gasteiger partial charge is 0.308 e. The molecule has 8 nitrogen and oxygen atoms in total. The highest BCUT2D eigenvalue weighted by Gasteiger charge is 2.45. The molecule has 3 saturated carbocycles. The number of aromatic amines is 1. The van der Waals surface area contributed by atoms with E-state index in [0.29, 0.717) is 16.7 Å². The molecule has 0 spiro atoms. The molecule has 0 saturated heterocycles. The van der Waals surface area contributed by atoms with E-state index in [1.807, 2.05) is 0 Å². The van der Waals surface area contributed by atoms with Crippen LogP contribution in [0.15, 0.2) is 18.5 Å². The van der Waals surface area contributed by atoms with Crippen LogP contribution in [0.5, 0.6) is 0 Å². The van der Waals surface area contributed by atoms with Crippen molar-refractivity contribution in [2.45, 2.75) is 38.1 Å². The highest BCUT2D eigenvalue weighted by molar-refractivity contribution is 5.88. The van der Waals surface area contributed by atoms with Crippen molar-refractivity contribution in [3.8, 4) is 11.5 Å². The molecule has 0 aliphatic heterocycles. The molecule has 0 amide bonds. The minimum Gasteiger partial charge on any atom is -0.481 e. The van der Waals surface area contributed by atoms with E-state index in [9.17, 15) is 18.7 Å². The van der Waals surface area contributed by atoms with Crippen molar-refractivity contribution in [2.24, 2.45) is 17.8 Å². The fourth-order valence-electron chi connectivity index (χ4n) is 5.02. The Balaban J connectivity index is 1.52. The van der Waals surface area contributed by atoms with Crippen LogP contribution in [0.3, 0.4) is 0 Å². The van der Waals surface area contributed by atoms with Crippen molar-refractivity contribution < 1.29 is 18.7 Å². The van der Waals surface area contributed by atoms with Crippen molar-refractivity contribution in [3.05, 3.63) is 30.1 Å². The van der Waals surface area contributed by atoms with Crippen LogP contribution >= 0.6 is 0 Å². The standard InChI is InChI=1S/C20H20F2N6O2/c21-11-6-12-16(27-28-17(12)23-7-11)19-24-8-13(22)18(26-19)25-15-10-3-1-2-9(4-5-10)14(15)20(29)30/h6-10,14-15H,1-5H2,(H,29,30)(H,23,27,28)(H,24,25,26)/t9?,10?,14-,15-/m1/s1. The summed E-state index contributed by atoms with van der Waals surface area (Å²) in [5, 5.41) is 20.0. The fourth-order valence-corrected chi connectivity index (χ4v) is 5.02. The van der Waals surface area contributed by atoms with E-state index in [4.69, 9.17) is 0 Å². The zero-order valence-corrected chi connectivity index (χ0v) is 16.0. The summed E-state index contributed by atoms with van der Waals surface area (Å²) in [5.41, 5.74) is 0.609. The first kappa shape index (κ1) is 18.8. The molecule has 0 aromatic carbocycles. The highest BCUT2D eigenvalue weighted by Crippen LogP contribution is 2.44. The molecular weight excluding hydrogens is 394 g/mol. The summed E-state index contributed by atoms with van der Waals surface area (Å²) in [7, 11) is 0. The van der Waals surface area contributed by atoms with Crippen LogP contribution < -0.4 is 5.32 Å². The van der Waals surface area contributed by atoms with Crippen molar-refractivity contribution in [1.82, 2.24) is 25.1 Å². The van der Waals surface area contributed by atoms with E-state index >= 15 is 0 Å². The van der Waals surface area contributed by atoms with Gasteiger partial charge in [-0.3, -0.25) is 9.89 Å². The summed E-state index contributed by atoms with van der Waals surface area (Å²) in [6, 6.07) is 0.852. The first-order valence-electron chi connectivity index (χ1n) is 10.0. The number of anilines is 1. The zero-order valence-electron chi connectivity index (χ0n) is 16.0. The van der Waals surface area contributed by atoms with E-state index in [2.05, 4.69) is 30.5 Å². The van der Waals surface area contributed by atoms with Crippen LogP contribution in [0, 0.1) is 29.4 Å². The molecule has 156 valence electrons. The molecule has 2 bridgehead atoms. The van der Waals surface area contributed by atoms with Gasteiger partial charge in [-0.1, -0.05) is 6.42 Å². The Labute approximate surface area is 170 Å². The molecule has 2 unspecified atom stereocenters. The number of carbonyl (C=O) groups is 1. The number of hydrogen-bond acceptors (Lipinski definition) is 6. The van der Waals surface area contributed by atoms with Gasteiger partial charge in [0.2, 0.25) is 0 Å². The lowest BCUT2D eigenvalue weighted by molar-refractivity contribution is -0.145. The van der Waals surface area contributed by atoms with Crippen molar-refractivity contribution in [2.75, 3.05) is 5.32 Å². The Morgan fingerprint density at radius 2 is 1.93 bits per heavy atom. The Hall–Kier alpha value is -3.17. The Kier molecular flexibility index (Phi) is 4.56. The van der Waals surface area contributed by atoms with Gasteiger partial charge in [0.25, 0.3) is 0 Å². The van der Waals surface area contributed by atoms with Gasteiger partial charge in [-0.15, -0.1) is 0 Å². The van der Waals surface area contributed by atoms with Gasteiger partial charge in [0.15, 0.2) is 23.1 Å². The number of aliphatic carboxylic acids is 1. The maximum absolute atomic E-state index is 14.6. The molecule has 3 aromatic rings.